The molecule has 0 heterocycles. The topological polar surface area (TPSA) is 61.7 Å². The van der Waals surface area contributed by atoms with Crippen LogP contribution >= 0.6 is 0 Å². The zero-order valence-corrected chi connectivity index (χ0v) is 13.9. The molecular formula is C19H25NO3. The van der Waals surface area contributed by atoms with Gasteiger partial charge >= 0.3 is 0 Å². The Hall–Kier alpha value is -2.04. The number of hydrogen-bond acceptors (Lipinski definition) is 4. The number of aliphatic hydroxyl groups excluding tert-OH is 1. The highest BCUT2D eigenvalue weighted by Crippen LogP contribution is 2.24. The number of aliphatic hydroxyl groups is 1. The van der Waals surface area contributed by atoms with E-state index in [0.29, 0.717) is 12.1 Å². The molecule has 4 nitrogen and oxygen atoms in total. The molecule has 1 atom stereocenters. The van der Waals surface area contributed by atoms with Crippen molar-refractivity contribution < 1.29 is 14.9 Å². The average Bonchev–Trinajstić information content (AvgIpc) is 2.53. The molecule has 0 amide bonds. The lowest BCUT2D eigenvalue weighted by Crippen LogP contribution is -2.43. The van der Waals surface area contributed by atoms with E-state index in [1.54, 1.807) is 31.4 Å². The Labute approximate surface area is 137 Å². The fourth-order valence-electron chi connectivity index (χ4n) is 2.57. The molecule has 1 unspecified atom stereocenters. The molecule has 0 fully saturated rings. The van der Waals surface area contributed by atoms with Crippen molar-refractivity contribution in [1.29, 1.82) is 0 Å². The zero-order chi connectivity index (χ0) is 16.9. The molecular weight excluding hydrogens is 290 g/mol. The lowest BCUT2D eigenvalue weighted by atomic mass is 9.94. The van der Waals surface area contributed by atoms with Gasteiger partial charge in [0.25, 0.3) is 0 Å². The van der Waals surface area contributed by atoms with Crippen molar-refractivity contribution in [2.75, 3.05) is 13.7 Å². The minimum Gasteiger partial charge on any atom is -0.508 e. The van der Waals surface area contributed by atoms with Crippen LogP contribution in [-0.4, -0.2) is 29.4 Å². The van der Waals surface area contributed by atoms with E-state index in [0.717, 1.165) is 12.2 Å². The van der Waals surface area contributed by atoms with Crippen molar-refractivity contribution in [2.45, 2.75) is 31.9 Å². The first-order valence-electron chi connectivity index (χ1n) is 7.75. The minimum atomic E-state index is -0.744. The molecule has 0 radical (unpaired) electrons. The smallest absolute Gasteiger partial charge is 0.121 e. The lowest BCUT2D eigenvalue weighted by molar-refractivity contribution is 0.157. The van der Waals surface area contributed by atoms with E-state index in [9.17, 15) is 10.2 Å². The molecule has 0 aliphatic heterocycles. The second-order valence-corrected chi connectivity index (χ2v) is 6.36. The van der Waals surface area contributed by atoms with Gasteiger partial charge < -0.3 is 20.3 Å². The first-order chi connectivity index (χ1) is 10.9. The van der Waals surface area contributed by atoms with Gasteiger partial charge in [-0.1, -0.05) is 30.3 Å². The molecule has 0 aliphatic rings. The quantitative estimate of drug-likeness (QED) is 0.735. The highest BCUT2D eigenvalue weighted by atomic mass is 16.5. The summed E-state index contributed by atoms with van der Waals surface area (Å²) in [5.41, 5.74) is 1.56. The minimum absolute atomic E-state index is 0.120. The van der Waals surface area contributed by atoms with Crippen molar-refractivity contribution in [3.8, 4) is 11.5 Å². The van der Waals surface area contributed by atoms with Crippen LogP contribution in [0.15, 0.2) is 48.5 Å². The maximum absolute atomic E-state index is 10.3. The van der Waals surface area contributed by atoms with Crippen LogP contribution in [0.4, 0.5) is 0 Å². The Balaban J connectivity index is 1.93. The first-order valence-corrected chi connectivity index (χ1v) is 7.75. The van der Waals surface area contributed by atoms with Crippen molar-refractivity contribution >= 4 is 0 Å². The molecule has 0 saturated heterocycles. The molecule has 2 aromatic carbocycles. The van der Waals surface area contributed by atoms with Crippen LogP contribution in [0.2, 0.25) is 0 Å². The number of aromatic hydroxyl groups is 1. The van der Waals surface area contributed by atoms with Crippen LogP contribution in [0.25, 0.3) is 0 Å². The number of hydrogen-bond donors (Lipinski definition) is 3. The number of β-amino-alcohol motifs (C(OH)–C–C–N with tert-alkyl or cyclic N) is 1. The summed E-state index contributed by atoms with van der Waals surface area (Å²) >= 11 is 0. The lowest BCUT2D eigenvalue weighted by Gasteiger charge is -2.28. The molecule has 23 heavy (non-hydrogen) atoms. The zero-order valence-electron chi connectivity index (χ0n) is 13.9. The average molecular weight is 315 g/mol. The molecule has 2 rings (SSSR count). The second kappa shape index (κ2) is 7.49. The summed E-state index contributed by atoms with van der Waals surface area (Å²) in [4.78, 5) is 0. The molecule has 0 aliphatic carbocycles. The number of nitrogens with one attached hydrogen (secondary N) is 1. The maximum Gasteiger partial charge on any atom is 0.121 e. The molecule has 124 valence electrons. The van der Waals surface area contributed by atoms with E-state index in [2.05, 4.69) is 19.2 Å². The monoisotopic (exact) mass is 315 g/mol. The second-order valence-electron chi connectivity index (χ2n) is 6.36. The van der Waals surface area contributed by atoms with E-state index in [1.165, 1.54) is 5.56 Å². The van der Waals surface area contributed by atoms with Gasteiger partial charge in [0.1, 0.15) is 11.5 Å². The van der Waals surface area contributed by atoms with E-state index in [4.69, 9.17) is 4.74 Å². The van der Waals surface area contributed by atoms with Crippen molar-refractivity contribution in [3.63, 3.8) is 0 Å². The van der Waals surface area contributed by atoms with Crippen LogP contribution in [0, 0.1) is 0 Å². The molecule has 3 N–H and O–H groups in total. The fourth-order valence-corrected chi connectivity index (χ4v) is 2.57. The van der Waals surface area contributed by atoms with E-state index < -0.39 is 6.10 Å². The molecule has 0 aromatic heterocycles. The Bertz CT molecular complexity index is 623. The first kappa shape index (κ1) is 17.3. The molecule has 0 saturated carbocycles. The molecule has 0 bridgehead atoms. The SMILES string of the molecule is COc1ccc(CC(C)(C)NCC(O)c2ccccc2O)cc1. The summed E-state index contributed by atoms with van der Waals surface area (Å²) in [6.07, 6.45) is 0.0798. The van der Waals surface area contributed by atoms with Gasteiger partial charge in [-0.25, -0.2) is 0 Å². The predicted molar refractivity (Wildman–Crippen MR) is 91.8 cm³/mol. The van der Waals surface area contributed by atoms with Crippen LogP contribution < -0.4 is 10.1 Å². The normalized spacial score (nSPS) is 12.9. The van der Waals surface area contributed by atoms with Crippen molar-refractivity contribution in [3.05, 3.63) is 59.7 Å². The fraction of sp³-hybridized carbons (Fsp3) is 0.368. The summed E-state index contributed by atoms with van der Waals surface area (Å²) in [6.45, 7) is 4.56. The number of phenols is 1. The highest BCUT2D eigenvalue weighted by Gasteiger charge is 2.20. The van der Waals surface area contributed by atoms with Gasteiger partial charge in [0.15, 0.2) is 0 Å². The van der Waals surface area contributed by atoms with Gasteiger partial charge in [0.2, 0.25) is 0 Å². The van der Waals surface area contributed by atoms with Crippen LogP contribution in [-0.2, 0) is 6.42 Å². The van der Waals surface area contributed by atoms with Crippen LogP contribution in [0.1, 0.15) is 31.1 Å². The van der Waals surface area contributed by atoms with Crippen LogP contribution in [0.5, 0.6) is 11.5 Å². The van der Waals surface area contributed by atoms with E-state index in [-0.39, 0.29) is 11.3 Å². The third kappa shape index (κ3) is 4.98. The third-order valence-corrected chi connectivity index (χ3v) is 3.87. The summed E-state index contributed by atoms with van der Waals surface area (Å²) < 4.78 is 5.17. The van der Waals surface area contributed by atoms with E-state index in [1.807, 2.05) is 24.3 Å². The number of ether oxygens (including phenoxy) is 1. The summed E-state index contributed by atoms with van der Waals surface area (Å²) in [5, 5.41) is 23.4. The number of rotatable bonds is 7. The molecule has 0 spiro atoms. The van der Waals surface area contributed by atoms with Crippen LogP contribution in [0.3, 0.4) is 0 Å². The van der Waals surface area contributed by atoms with Gasteiger partial charge in [0.05, 0.1) is 13.2 Å². The Morgan fingerprint density at radius 1 is 1.09 bits per heavy atom. The summed E-state index contributed by atoms with van der Waals surface area (Å²) in [6, 6.07) is 14.8. The number of para-hydroxylation sites is 1. The Kier molecular flexibility index (Phi) is 5.64. The Morgan fingerprint density at radius 2 is 1.74 bits per heavy atom. The van der Waals surface area contributed by atoms with Gasteiger partial charge in [-0.3, -0.25) is 0 Å². The Morgan fingerprint density at radius 3 is 2.35 bits per heavy atom. The van der Waals surface area contributed by atoms with Gasteiger partial charge in [0, 0.05) is 17.6 Å². The molecule has 2 aromatic rings. The summed E-state index contributed by atoms with van der Waals surface area (Å²) in [5.74, 6) is 0.962. The van der Waals surface area contributed by atoms with Crippen molar-refractivity contribution in [1.82, 2.24) is 5.32 Å². The molecule has 4 heteroatoms. The van der Waals surface area contributed by atoms with Crippen molar-refractivity contribution in [2.24, 2.45) is 0 Å². The largest absolute Gasteiger partial charge is 0.508 e. The van der Waals surface area contributed by atoms with Gasteiger partial charge in [-0.05, 0) is 44.0 Å². The number of benzene rings is 2. The maximum atomic E-state index is 10.3. The van der Waals surface area contributed by atoms with Gasteiger partial charge in [-0.15, -0.1) is 0 Å². The standard InChI is InChI=1S/C19H25NO3/c1-19(2,12-14-8-10-15(23-3)11-9-14)20-13-18(22)16-6-4-5-7-17(16)21/h4-11,18,20-22H,12-13H2,1-3H3. The summed E-state index contributed by atoms with van der Waals surface area (Å²) in [7, 11) is 1.65. The van der Waals surface area contributed by atoms with E-state index >= 15 is 0 Å². The third-order valence-electron chi connectivity index (χ3n) is 3.87. The number of phenolic OH excluding ortho intramolecular Hbond substituents is 1. The highest BCUT2D eigenvalue weighted by molar-refractivity contribution is 5.34. The predicted octanol–water partition coefficient (Wildman–Crippen LogP) is 3.05. The van der Waals surface area contributed by atoms with Gasteiger partial charge in [-0.2, -0.15) is 0 Å². The number of methoxy groups -OCH3 is 1.